The van der Waals surface area contributed by atoms with E-state index in [0.29, 0.717) is 22.9 Å². The van der Waals surface area contributed by atoms with E-state index in [1.54, 1.807) is 35.0 Å². The summed E-state index contributed by atoms with van der Waals surface area (Å²) in [5.41, 5.74) is 1.19. The lowest BCUT2D eigenvalue weighted by Gasteiger charge is -2.20. The molecule has 3 aromatic rings. The minimum absolute atomic E-state index is 0. The van der Waals surface area contributed by atoms with Crippen LogP contribution in [0.3, 0.4) is 0 Å². The van der Waals surface area contributed by atoms with Crippen LogP contribution in [0.25, 0.3) is 10.2 Å². The van der Waals surface area contributed by atoms with Gasteiger partial charge in [0.15, 0.2) is 5.13 Å². The second kappa shape index (κ2) is 8.57. The molecule has 0 atom stereocenters. The fourth-order valence-electron chi connectivity index (χ4n) is 2.55. The van der Waals surface area contributed by atoms with E-state index in [9.17, 15) is 9.18 Å². The van der Waals surface area contributed by atoms with E-state index in [-0.39, 0.29) is 24.1 Å². The van der Waals surface area contributed by atoms with Crippen molar-refractivity contribution in [2.45, 2.75) is 6.42 Å². The summed E-state index contributed by atoms with van der Waals surface area (Å²) in [5, 5.41) is 4.65. The lowest BCUT2D eigenvalue weighted by molar-refractivity contribution is 0.0977. The van der Waals surface area contributed by atoms with Gasteiger partial charge in [0, 0.05) is 19.8 Å². The first-order chi connectivity index (χ1) is 12.0. The van der Waals surface area contributed by atoms with Gasteiger partial charge in [0.2, 0.25) is 0 Å². The van der Waals surface area contributed by atoms with Crippen molar-refractivity contribution >= 4 is 45.0 Å². The lowest BCUT2D eigenvalue weighted by atomic mass is 10.3. The molecule has 2 heterocycles. The van der Waals surface area contributed by atoms with Gasteiger partial charge in [0.05, 0.1) is 10.2 Å². The zero-order valence-corrected chi connectivity index (χ0v) is 16.5. The third kappa shape index (κ3) is 4.38. The molecule has 1 aromatic carbocycles. The molecule has 0 saturated carbocycles. The quantitative estimate of drug-likeness (QED) is 0.641. The zero-order chi connectivity index (χ0) is 18.0. The van der Waals surface area contributed by atoms with Crippen molar-refractivity contribution in [2.24, 2.45) is 7.05 Å². The maximum Gasteiger partial charge on any atom is 0.278 e. The Morgan fingerprint density at radius 2 is 2.04 bits per heavy atom. The van der Waals surface area contributed by atoms with E-state index in [1.807, 2.05) is 14.1 Å². The van der Waals surface area contributed by atoms with Crippen LogP contribution in [-0.4, -0.2) is 52.8 Å². The molecule has 0 aliphatic rings. The molecule has 0 unspecified atom stereocenters. The smallest absolute Gasteiger partial charge is 0.278 e. The number of nitrogens with zero attached hydrogens (tertiary/aromatic N) is 5. The van der Waals surface area contributed by atoms with Gasteiger partial charge in [0.1, 0.15) is 11.5 Å². The van der Waals surface area contributed by atoms with Crippen molar-refractivity contribution in [3.63, 3.8) is 0 Å². The van der Waals surface area contributed by atoms with Gasteiger partial charge in [-0.05, 0) is 51.3 Å². The Balaban J connectivity index is 0.00000243. The van der Waals surface area contributed by atoms with Crippen LogP contribution in [0.4, 0.5) is 9.52 Å². The van der Waals surface area contributed by atoms with Crippen LogP contribution >= 0.6 is 23.7 Å². The van der Waals surface area contributed by atoms with Gasteiger partial charge in [-0.15, -0.1) is 12.4 Å². The van der Waals surface area contributed by atoms with Gasteiger partial charge in [-0.2, -0.15) is 5.10 Å². The monoisotopic (exact) mass is 397 g/mol. The normalized spacial score (nSPS) is 11.0. The van der Waals surface area contributed by atoms with Gasteiger partial charge in [0.25, 0.3) is 5.91 Å². The zero-order valence-electron chi connectivity index (χ0n) is 14.8. The van der Waals surface area contributed by atoms with Crippen LogP contribution in [-0.2, 0) is 7.05 Å². The summed E-state index contributed by atoms with van der Waals surface area (Å²) in [6, 6.07) is 6.15. The third-order valence-corrected chi connectivity index (χ3v) is 4.88. The molecular formula is C17H21ClFN5OS. The first-order valence-electron chi connectivity index (χ1n) is 7.96. The van der Waals surface area contributed by atoms with Gasteiger partial charge in [-0.3, -0.25) is 14.4 Å². The summed E-state index contributed by atoms with van der Waals surface area (Å²) in [4.78, 5) is 21.2. The number of carbonyl (C=O) groups excluding carboxylic acids is 1. The van der Waals surface area contributed by atoms with Crippen molar-refractivity contribution < 1.29 is 9.18 Å². The molecule has 0 aliphatic carbocycles. The standard InChI is InChI=1S/C17H20FN5OS.ClH/c1-21(2)9-4-10-23(16(24)14-7-8-19-22(14)3)17-20-13-6-5-12(18)11-15(13)25-17;/h5-8,11H,4,9-10H2,1-3H3;1H. The first-order valence-corrected chi connectivity index (χ1v) is 8.78. The predicted molar refractivity (Wildman–Crippen MR) is 105 cm³/mol. The number of rotatable bonds is 6. The summed E-state index contributed by atoms with van der Waals surface area (Å²) in [5.74, 6) is -0.460. The van der Waals surface area contributed by atoms with Crippen molar-refractivity contribution in [1.82, 2.24) is 19.7 Å². The molecule has 0 N–H and O–H groups in total. The topological polar surface area (TPSA) is 54.3 Å². The van der Waals surface area contributed by atoms with E-state index >= 15 is 0 Å². The van der Waals surface area contributed by atoms with Crippen molar-refractivity contribution in [1.29, 1.82) is 0 Å². The maximum absolute atomic E-state index is 13.5. The van der Waals surface area contributed by atoms with Crippen molar-refractivity contribution in [2.75, 3.05) is 32.1 Å². The molecule has 6 nitrogen and oxygen atoms in total. The Morgan fingerprint density at radius 1 is 1.27 bits per heavy atom. The van der Waals surface area contributed by atoms with Gasteiger partial charge in [-0.25, -0.2) is 9.37 Å². The Kier molecular flexibility index (Phi) is 6.69. The Bertz CT molecular complexity index is 894. The Labute approximate surface area is 161 Å². The highest BCUT2D eigenvalue weighted by Gasteiger charge is 2.23. The van der Waals surface area contributed by atoms with E-state index in [4.69, 9.17) is 0 Å². The fourth-order valence-corrected chi connectivity index (χ4v) is 3.57. The Morgan fingerprint density at radius 3 is 2.69 bits per heavy atom. The van der Waals surface area contributed by atoms with E-state index in [0.717, 1.165) is 17.7 Å². The van der Waals surface area contributed by atoms with Gasteiger partial charge < -0.3 is 4.90 Å². The molecule has 0 radical (unpaired) electrons. The highest BCUT2D eigenvalue weighted by atomic mass is 35.5. The Hall–Kier alpha value is -2.03. The molecule has 140 valence electrons. The van der Waals surface area contributed by atoms with Crippen LogP contribution < -0.4 is 4.90 Å². The molecular weight excluding hydrogens is 377 g/mol. The summed E-state index contributed by atoms with van der Waals surface area (Å²) < 4.78 is 15.7. The number of aryl methyl sites for hydroxylation is 1. The molecule has 0 fully saturated rings. The third-order valence-electron chi connectivity index (χ3n) is 3.84. The maximum atomic E-state index is 13.5. The number of hydrogen-bond donors (Lipinski definition) is 0. The van der Waals surface area contributed by atoms with Crippen LogP contribution in [0.5, 0.6) is 0 Å². The van der Waals surface area contributed by atoms with Crippen LogP contribution in [0, 0.1) is 5.82 Å². The summed E-state index contributed by atoms with van der Waals surface area (Å²) >= 11 is 1.32. The van der Waals surface area contributed by atoms with Crippen LogP contribution in [0.15, 0.2) is 30.5 Å². The highest BCUT2D eigenvalue weighted by Crippen LogP contribution is 2.30. The van der Waals surface area contributed by atoms with E-state index < -0.39 is 0 Å². The fraction of sp³-hybridized carbons (Fsp3) is 0.353. The molecule has 0 aliphatic heterocycles. The molecule has 3 rings (SSSR count). The number of benzene rings is 1. The number of halogens is 2. The minimum Gasteiger partial charge on any atom is -0.309 e. The van der Waals surface area contributed by atoms with E-state index in [1.165, 1.54) is 23.5 Å². The number of anilines is 1. The van der Waals surface area contributed by atoms with Crippen LogP contribution in [0.2, 0.25) is 0 Å². The average Bonchev–Trinajstić information content (AvgIpc) is 3.16. The van der Waals surface area contributed by atoms with Crippen molar-refractivity contribution in [3.8, 4) is 0 Å². The summed E-state index contributed by atoms with van der Waals surface area (Å²) in [6.45, 7) is 1.39. The summed E-state index contributed by atoms with van der Waals surface area (Å²) in [6.07, 6.45) is 2.40. The van der Waals surface area contributed by atoms with Gasteiger partial charge in [-0.1, -0.05) is 11.3 Å². The van der Waals surface area contributed by atoms with Crippen LogP contribution in [0.1, 0.15) is 16.9 Å². The number of aromatic nitrogens is 3. The molecule has 0 saturated heterocycles. The largest absolute Gasteiger partial charge is 0.309 e. The number of thiazole rings is 1. The second-order valence-electron chi connectivity index (χ2n) is 6.06. The second-order valence-corrected chi connectivity index (χ2v) is 7.07. The lowest BCUT2D eigenvalue weighted by Crippen LogP contribution is -2.34. The summed E-state index contributed by atoms with van der Waals surface area (Å²) in [7, 11) is 5.72. The molecule has 1 amide bonds. The number of amides is 1. The molecule has 0 spiro atoms. The average molecular weight is 398 g/mol. The van der Waals surface area contributed by atoms with Crippen molar-refractivity contribution in [3.05, 3.63) is 42.0 Å². The molecule has 2 aromatic heterocycles. The number of hydrogen-bond acceptors (Lipinski definition) is 5. The number of fused-ring (bicyclic) bond motifs is 1. The predicted octanol–water partition coefficient (Wildman–Crippen LogP) is 3.19. The van der Waals surface area contributed by atoms with Gasteiger partial charge >= 0.3 is 0 Å². The number of carbonyl (C=O) groups is 1. The molecule has 26 heavy (non-hydrogen) atoms. The minimum atomic E-state index is -0.306. The van der Waals surface area contributed by atoms with E-state index in [2.05, 4.69) is 15.0 Å². The SMILES string of the molecule is CN(C)CCCN(C(=O)c1ccnn1C)c1nc2ccc(F)cc2s1.Cl. The highest BCUT2D eigenvalue weighted by molar-refractivity contribution is 7.22. The molecule has 9 heteroatoms. The molecule has 0 bridgehead atoms. The first kappa shape index (κ1) is 20.3.